The Balaban J connectivity index is 1.91. The maximum absolute atomic E-state index is 5.96. The molecule has 2 heterocycles. The minimum absolute atomic E-state index is 0.636. The molecule has 0 saturated carbocycles. The smallest absolute Gasteiger partial charge is 0.138 e. The molecule has 1 aromatic heterocycles. The highest BCUT2D eigenvalue weighted by atomic mass is 16.5. The van der Waals surface area contributed by atoms with Gasteiger partial charge in [0.1, 0.15) is 23.7 Å². The van der Waals surface area contributed by atoms with Crippen molar-refractivity contribution in [3.8, 4) is 17.1 Å². The predicted molar refractivity (Wildman–Crippen MR) is 80.8 cm³/mol. The van der Waals surface area contributed by atoms with Gasteiger partial charge in [-0.2, -0.15) is 0 Å². The van der Waals surface area contributed by atoms with Crippen LogP contribution in [0.3, 0.4) is 0 Å². The third-order valence-electron chi connectivity index (χ3n) is 3.73. The number of hydrogen-bond donors (Lipinski definition) is 0. The van der Waals surface area contributed by atoms with Gasteiger partial charge >= 0.3 is 0 Å². The van der Waals surface area contributed by atoms with Crippen molar-refractivity contribution in [2.75, 3.05) is 6.61 Å². The Morgan fingerprint density at radius 1 is 1.00 bits per heavy atom. The predicted octanol–water partition coefficient (Wildman–Crippen LogP) is 4.90. The second-order valence-corrected chi connectivity index (χ2v) is 5.06. The second kappa shape index (κ2) is 4.27. The number of ether oxygens (including phenoxy) is 1. The van der Waals surface area contributed by atoms with E-state index in [2.05, 4.69) is 37.3 Å². The molecule has 98 valence electrons. The standard InChI is InChI=1S/C18H14O2/c1-12-7-8-19-18-11-17-14(9-15(12)18)10-16(20-17)13-5-3-2-4-6-13/h2-7,9-11H,8H2,1H3. The molecular weight excluding hydrogens is 248 g/mol. The van der Waals surface area contributed by atoms with Crippen LogP contribution >= 0.6 is 0 Å². The summed E-state index contributed by atoms with van der Waals surface area (Å²) in [6, 6.07) is 16.4. The van der Waals surface area contributed by atoms with Crippen LogP contribution in [-0.4, -0.2) is 6.61 Å². The zero-order valence-electron chi connectivity index (χ0n) is 11.2. The topological polar surface area (TPSA) is 22.4 Å². The largest absolute Gasteiger partial charge is 0.489 e. The summed E-state index contributed by atoms with van der Waals surface area (Å²) < 4.78 is 11.6. The molecule has 0 N–H and O–H groups in total. The first-order valence-electron chi connectivity index (χ1n) is 6.74. The second-order valence-electron chi connectivity index (χ2n) is 5.06. The summed E-state index contributed by atoms with van der Waals surface area (Å²) >= 11 is 0. The fourth-order valence-electron chi connectivity index (χ4n) is 2.61. The monoisotopic (exact) mass is 262 g/mol. The quantitative estimate of drug-likeness (QED) is 0.622. The van der Waals surface area contributed by atoms with E-state index in [0.717, 1.165) is 33.6 Å². The van der Waals surface area contributed by atoms with Gasteiger partial charge in [-0.05, 0) is 30.7 Å². The first kappa shape index (κ1) is 11.4. The minimum Gasteiger partial charge on any atom is -0.489 e. The van der Waals surface area contributed by atoms with Crippen LogP contribution in [-0.2, 0) is 0 Å². The van der Waals surface area contributed by atoms with Crippen molar-refractivity contribution in [1.29, 1.82) is 0 Å². The molecule has 2 heteroatoms. The third-order valence-corrected chi connectivity index (χ3v) is 3.73. The lowest BCUT2D eigenvalue weighted by atomic mass is 10.0. The summed E-state index contributed by atoms with van der Waals surface area (Å²) in [5.41, 5.74) is 4.38. The Kier molecular flexibility index (Phi) is 2.43. The van der Waals surface area contributed by atoms with E-state index in [1.807, 2.05) is 24.3 Å². The van der Waals surface area contributed by atoms with E-state index in [1.54, 1.807) is 0 Å². The van der Waals surface area contributed by atoms with Crippen LogP contribution in [0.25, 0.3) is 27.9 Å². The molecule has 0 aliphatic carbocycles. The van der Waals surface area contributed by atoms with Gasteiger partial charge in [-0.25, -0.2) is 0 Å². The Bertz CT molecular complexity index is 810. The molecule has 2 aromatic carbocycles. The highest BCUT2D eigenvalue weighted by Crippen LogP contribution is 2.36. The van der Waals surface area contributed by atoms with E-state index in [4.69, 9.17) is 9.15 Å². The van der Waals surface area contributed by atoms with Gasteiger partial charge in [-0.1, -0.05) is 30.3 Å². The third kappa shape index (κ3) is 1.73. The van der Waals surface area contributed by atoms with Gasteiger partial charge in [0.15, 0.2) is 0 Å². The molecule has 3 aromatic rings. The molecule has 20 heavy (non-hydrogen) atoms. The van der Waals surface area contributed by atoms with E-state index < -0.39 is 0 Å². The molecule has 1 aliphatic rings. The zero-order chi connectivity index (χ0) is 13.5. The van der Waals surface area contributed by atoms with E-state index in [9.17, 15) is 0 Å². The molecule has 2 nitrogen and oxygen atoms in total. The van der Waals surface area contributed by atoms with E-state index >= 15 is 0 Å². The lowest BCUT2D eigenvalue weighted by molar-refractivity contribution is 0.357. The van der Waals surface area contributed by atoms with Crippen LogP contribution in [0.4, 0.5) is 0 Å². The Hall–Kier alpha value is -2.48. The fourth-order valence-corrected chi connectivity index (χ4v) is 2.61. The molecule has 4 rings (SSSR count). The molecule has 0 bridgehead atoms. The van der Waals surface area contributed by atoms with Crippen molar-refractivity contribution in [3.05, 3.63) is 60.2 Å². The summed E-state index contributed by atoms with van der Waals surface area (Å²) in [6.45, 7) is 2.75. The molecule has 0 unspecified atom stereocenters. The summed E-state index contributed by atoms with van der Waals surface area (Å²) in [4.78, 5) is 0. The van der Waals surface area contributed by atoms with E-state index in [-0.39, 0.29) is 0 Å². The average molecular weight is 262 g/mol. The number of rotatable bonds is 1. The normalized spacial score (nSPS) is 13.8. The van der Waals surface area contributed by atoms with Crippen LogP contribution in [0, 0.1) is 0 Å². The number of hydrogen-bond acceptors (Lipinski definition) is 2. The molecule has 0 atom stereocenters. The molecule has 0 amide bonds. The molecule has 0 spiro atoms. The fraction of sp³-hybridized carbons (Fsp3) is 0.111. The number of fused-ring (bicyclic) bond motifs is 2. The van der Waals surface area contributed by atoms with Crippen LogP contribution in [0.2, 0.25) is 0 Å². The lowest BCUT2D eigenvalue weighted by Gasteiger charge is -2.15. The maximum Gasteiger partial charge on any atom is 0.138 e. The van der Waals surface area contributed by atoms with Crippen LogP contribution in [0.15, 0.2) is 59.0 Å². The van der Waals surface area contributed by atoms with Crippen molar-refractivity contribution in [1.82, 2.24) is 0 Å². The minimum atomic E-state index is 0.636. The van der Waals surface area contributed by atoms with Gasteiger partial charge in [-0.3, -0.25) is 0 Å². The van der Waals surface area contributed by atoms with Crippen LogP contribution in [0.1, 0.15) is 12.5 Å². The molecule has 1 aliphatic heterocycles. The lowest BCUT2D eigenvalue weighted by Crippen LogP contribution is -2.02. The van der Waals surface area contributed by atoms with Crippen molar-refractivity contribution in [3.63, 3.8) is 0 Å². The molecular formula is C18H14O2. The molecule has 0 fully saturated rings. The summed E-state index contributed by atoms with van der Waals surface area (Å²) in [5.74, 6) is 1.80. The van der Waals surface area contributed by atoms with Gasteiger partial charge in [0.25, 0.3) is 0 Å². The number of allylic oxidation sites excluding steroid dienone is 1. The maximum atomic E-state index is 5.96. The number of benzene rings is 2. The zero-order valence-corrected chi connectivity index (χ0v) is 11.2. The SMILES string of the molecule is CC1=CCOc2cc3oc(-c4ccccc4)cc3cc21. The Morgan fingerprint density at radius 3 is 2.70 bits per heavy atom. The van der Waals surface area contributed by atoms with Gasteiger partial charge in [0, 0.05) is 22.6 Å². The van der Waals surface area contributed by atoms with E-state index in [1.165, 1.54) is 5.57 Å². The van der Waals surface area contributed by atoms with Gasteiger partial charge in [-0.15, -0.1) is 0 Å². The Morgan fingerprint density at radius 2 is 1.85 bits per heavy atom. The summed E-state index contributed by atoms with van der Waals surface area (Å²) in [5, 5.41) is 1.11. The van der Waals surface area contributed by atoms with Gasteiger partial charge in [0.05, 0.1) is 0 Å². The highest BCUT2D eigenvalue weighted by molar-refractivity contribution is 5.89. The highest BCUT2D eigenvalue weighted by Gasteiger charge is 2.15. The summed E-state index contributed by atoms with van der Waals surface area (Å²) in [7, 11) is 0. The van der Waals surface area contributed by atoms with Crippen molar-refractivity contribution >= 4 is 16.5 Å². The summed E-state index contributed by atoms with van der Waals surface area (Å²) in [6.07, 6.45) is 2.10. The Labute approximate surface area is 117 Å². The molecule has 0 saturated heterocycles. The average Bonchev–Trinajstić information content (AvgIpc) is 2.90. The van der Waals surface area contributed by atoms with Gasteiger partial charge < -0.3 is 9.15 Å². The van der Waals surface area contributed by atoms with Crippen LogP contribution in [0.5, 0.6) is 5.75 Å². The van der Waals surface area contributed by atoms with Crippen molar-refractivity contribution in [2.45, 2.75) is 6.92 Å². The van der Waals surface area contributed by atoms with Gasteiger partial charge in [0.2, 0.25) is 0 Å². The first-order chi connectivity index (χ1) is 9.81. The van der Waals surface area contributed by atoms with E-state index in [0.29, 0.717) is 6.61 Å². The molecule has 0 radical (unpaired) electrons. The van der Waals surface area contributed by atoms with Crippen molar-refractivity contribution < 1.29 is 9.15 Å². The van der Waals surface area contributed by atoms with Crippen LogP contribution < -0.4 is 4.74 Å². The number of furan rings is 1. The van der Waals surface area contributed by atoms with Crippen molar-refractivity contribution in [2.24, 2.45) is 0 Å². The first-order valence-corrected chi connectivity index (χ1v) is 6.74.